The topological polar surface area (TPSA) is 67.9 Å². The van der Waals surface area contributed by atoms with Gasteiger partial charge in [0.2, 0.25) is 5.91 Å². The van der Waals surface area contributed by atoms with E-state index in [0.29, 0.717) is 0 Å². The second-order valence-corrected chi connectivity index (χ2v) is 8.09. The summed E-state index contributed by atoms with van der Waals surface area (Å²) in [6.07, 6.45) is 0. The van der Waals surface area contributed by atoms with Crippen LogP contribution in [0.3, 0.4) is 0 Å². The summed E-state index contributed by atoms with van der Waals surface area (Å²) >= 11 is 1.62. The number of fused-ring (bicyclic) bond motifs is 2. The third kappa shape index (κ3) is 3.27. The van der Waals surface area contributed by atoms with Gasteiger partial charge in [-0.15, -0.1) is 0 Å². The predicted octanol–water partition coefficient (Wildman–Crippen LogP) is 3.81. The van der Waals surface area contributed by atoms with Crippen molar-refractivity contribution in [2.45, 2.75) is 9.79 Å². The van der Waals surface area contributed by atoms with Gasteiger partial charge in [-0.25, -0.2) is 9.65 Å². The second-order valence-electron chi connectivity index (χ2n) is 4.96. The smallest absolute Gasteiger partial charge is 0.300 e. The molecule has 0 unspecified atom stereocenters. The molecule has 1 heterocycles. The van der Waals surface area contributed by atoms with Gasteiger partial charge >= 0.3 is 7.75 Å². The number of nitrogens with zero attached hydrogens (tertiary/aromatic N) is 1. The maximum absolute atomic E-state index is 12.8. The van der Waals surface area contributed by atoms with Gasteiger partial charge in [0.25, 0.3) is 0 Å². The predicted molar refractivity (Wildman–Crippen MR) is 93.8 cm³/mol. The zero-order valence-corrected chi connectivity index (χ0v) is 15.0. The molecule has 1 aliphatic heterocycles. The van der Waals surface area contributed by atoms with Crippen molar-refractivity contribution >= 4 is 36.8 Å². The summed E-state index contributed by atoms with van der Waals surface area (Å²) in [6.45, 7) is -0.174. The van der Waals surface area contributed by atoms with Crippen LogP contribution in [0.4, 0.5) is 11.4 Å². The van der Waals surface area contributed by atoms with Crippen molar-refractivity contribution in [1.82, 2.24) is 5.09 Å². The average molecular weight is 364 g/mol. The number of benzene rings is 2. The fraction of sp³-hybridized carbons (Fsp3) is 0.188. The van der Waals surface area contributed by atoms with Crippen molar-refractivity contribution < 1.29 is 18.4 Å². The van der Waals surface area contributed by atoms with Crippen molar-refractivity contribution in [2.24, 2.45) is 0 Å². The minimum Gasteiger partial charge on any atom is -0.300 e. The summed E-state index contributed by atoms with van der Waals surface area (Å²) < 4.78 is 21.7. The molecule has 126 valence electrons. The van der Waals surface area contributed by atoms with E-state index in [1.165, 1.54) is 14.2 Å². The molecule has 0 saturated heterocycles. The molecule has 8 heteroatoms. The van der Waals surface area contributed by atoms with Gasteiger partial charge in [-0.2, -0.15) is 0 Å². The maximum Gasteiger partial charge on any atom is 0.405 e. The van der Waals surface area contributed by atoms with Crippen LogP contribution in [-0.2, 0) is 18.4 Å². The van der Waals surface area contributed by atoms with Crippen molar-refractivity contribution in [1.29, 1.82) is 0 Å². The lowest BCUT2D eigenvalue weighted by atomic mass is 10.2. The van der Waals surface area contributed by atoms with E-state index < -0.39 is 7.75 Å². The Hall–Kier alpha value is -1.63. The lowest BCUT2D eigenvalue weighted by molar-refractivity contribution is -0.117. The molecule has 6 nitrogen and oxygen atoms in total. The van der Waals surface area contributed by atoms with Crippen LogP contribution >= 0.6 is 19.5 Å². The van der Waals surface area contributed by atoms with E-state index in [9.17, 15) is 9.36 Å². The summed E-state index contributed by atoms with van der Waals surface area (Å²) in [7, 11) is -0.922. The maximum atomic E-state index is 12.8. The molecule has 3 rings (SSSR count). The first-order valence-electron chi connectivity index (χ1n) is 7.23. The van der Waals surface area contributed by atoms with E-state index in [0.717, 1.165) is 21.2 Å². The van der Waals surface area contributed by atoms with Gasteiger partial charge in [-0.3, -0.25) is 9.69 Å². The number of carbonyl (C=O) groups is 1. The van der Waals surface area contributed by atoms with E-state index >= 15 is 0 Å². The number of para-hydroxylation sites is 2. The minimum absolute atomic E-state index is 0.174. The summed E-state index contributed by atoms with van der Waals surface area (Å²) in [5, 5.41) is 2.57. The molecule has 2 aromatic carbocycles. The number of hydrogen-bond donors (Lipinski definition) is 1. The highest BCUT2D eigenvalue weighted by atomic mass is 32.2. The Balaban J connectivity index is 1.92. The number of rotatable bonds is 5. The molecule has 0 radical (unpaired) electrons. The molecule has 0 saturated carbocycles. The first kappa shape index (κ1) is 17.2. The zero-order chi connectivity index (χ0) is 17.2. The van der Waals surface area contributed by atoms with E-state index in [1.54, 1.807) is 16.7 Å². The van der Waals surface area contributed by atoms with Crippen molar-refractivity contribution in [3.05, 3.63) is 48.5 Å². The van der Waals surface area contributed by atoms with Crippen LogP contribution in [0.5, 0.6) is 0 Å². The number of carbonyl (C=O) groups excluding carboxylic acids is 1. The Morgan fingerprint density at radius 1 is 1.04 bits per heavy atom. The van der Waals surface area contributed by atoms with Gasteiger partial charge < -0.3 is 9.05 Å². The quantitative estimate of drug-likeness (QED) is 0.814. The van der Waals surface area contributed by atoms with Crippen LogP contribution in [-0.4, -0.2) is 26.7 Å². The SMILES string of the molecule is COP(=O)(NCC(=O)N1c2ccccc2Sc2ccccc21)OC. The van der Waals surface area contributed by atoms with Crippen molar-refractivity contribution in [3.63, 3.8) is 0 Å². The van der Waals surface area contributed by atoms with Crippen LogP contribution in [0.1, 0.15) is 0 Å². The summed E-state index contributed by atoms with van der Waals surface area (Å²) in [4.78, 5) is 16.4. The fourth-order valence-corrected chi connectivity index (χ4v) is 4.21. The van der Waals surface area contributed by atoms with Gasteiger partial charge in [0.05, 0.1) is 17.9 Å². The van der Waals surface area contributed by atoms with Crippen LogP contribution in [0.25, 0.3) is 0 Å². The van der Waals surface area contributed by atoms with Gasteiger partial charge in [-0.1, -0.05) is 36.0 Å². The number of nitrogens with one attached hydrogen (secondary N) is 1. The van der Waals surface area contributed by atoms with E-state index in [4.69, 9.17) is 9.05 Å². The van der Waals surface area contributed by atoms with Crippen molar-refractivity contribution in [3.8, 4) is 0 Å². The van der Waals surface area contributed by atoms with E-state index in [-0.39, 0.29) is 12.5 Å². The Morgan fingerprint density at radius 2 is 1.54 bits per heavy atom. The van der Waals surface area contributed by atoms with E-state index in [2.05, 4.69) is 5.09 Å². The highest BCUT2D eigenvalue weighted by molar-refractivity contribution is 7.99. The standard InChI is InChI=1S/C16H17N2O4PS/c1-21-23(20,22-2)17-11-16(19)18-12-7-3-5-9-14(12)24-15-10-6-4-8-13(15)18/h3-10H,11H2,1-2H3,(H,17,20). The Kier molecular flexibility index (Phi) is 5.08. The minimum atomic E-state index is -3.46. The van der Waals surface area contributed by atoms with Crippen LogP contribution in [0.15, 0.2) is 58.3 Å². The first-order valence-corrected chi connectivity index (χ1v) is 9.59. The summed E-state index contributed by atoms with van der Waals surface area (Å²) in [5.74, 6) is -0.246. The van der Waals surface area contributed by atoms with Gasteiger partial charge in [-0.05, 0) is 24.3 Å². The molecule has 1 amide bonds. The lowest BCUT2D eigenvalue weighted by Gasteiger charge is -2.31. The molecule has 0 aromatic heterocycles. The fourth-order valence-electron chi connectivity index (χ4n) is 2.42. The molecule has 0 spiro atoms. The van der Waals surface area contributed by atoms with Gasteiger partial charge in [0.15, 0.2) is 0 Å². The molecule has 24 heavy (non-hydrogen) atoms. The molecule has 1 aliphatic rings. The normalized spacial score (nSPS) is 13.3. The number of amides is 1. The molecule has 0 fully saturated rings. The number of hydrogen-bond acceptors (Lipinski definition) is 5. The molecule has 0 atom stereocenters. The Labute approximate surface area is 144 Å². The number of anilines is 2. The lowest BCUT2D eigenvalue weighted by Crippen LogP contribution is -2.35. The highest BCUT2D eigenvalue weighted by Crippen LogP contribution is 2.48. The third-order valence-electron chi connectivity index (χ3n) is 3.59. The molecule has 1 N–H and O–H groups in total. The van der Waals surface area contributed by atoms with Crippen LogP contribution in [0, 0.1) is 0 Å². The third-order valence-corrected chi connectivity index (χ3v) is 6.22. The Bertz CT molecular complexity index is 761. The van der Waals surface area contributed by atoms with Crippen LogP contribution in [0.2, 0.25) is 0 Å². The average Bonchev–Trinajstić information content (AvgIpc) is 2.63. The Morgan fingerprint density at radius 3 is 2.04 bits per heavy atom. The van der Waals surface area contributed by atoms with Crippen molar-refractivity contribution in [2.75, 3.05) is 25.7 Å². The molecular formula is C16H17N2O4PS. The van der Waals surface area contributed by atoms with Gasteiger partial charge in [0.1, 0.15) is 0 Å². The molecular weight excluding hydrogens is 347 g/mol. The van der Waals surface area contributed by atoms with Gasteiger partial charge in [0, 0.05) is 24.0 Å². The van der Waals surface area contributed by atoms with Crippen LogP contribution < -0.4 is 9.99 Å². The summed E-state index contributed by atoms with van der Waals surface area (Å²) in [6, 6.07) is 15.4. The zero-order valence-electron chi connectivity index (χ0n) is 13.3. The second kappa shape index (κ2) is 7.09. The summed E-state index contributed by atoms with van der Waals surface area (Å²) in [5.41, 5.74) is 1.61. The first-order chi connectivity index (χ1) is 11.6. The monoisotopic (exact) mass is 364 g/mol. The molecule has 2 aromatic rings. The molecule has 0 aliphatic carbocycles. The largest absolute Gasteiger partial charge is 0.405 e. The highest BCUT2D eigenvalue weighted by Gasteiger charge is 2.29. The molecule has 0 bridgehead atoms. The van der Waals surface area contributed by atoms with E-state index in [1.807, 2.05) is 48.5 Å².